The van der Waals surface area contributed by atoms with Gasteiger partial charge in [0.05, 0.1) is 5.69 Å². The quantitative estimate of drug-likeness (QED) is 0.833. The molecule has 2 aromatic rings. The van der Waals surface area contributed by atoms with Gasteiger partial charge in [-0.1, -0.05) is 28.1 Å². The van der Waals surface area contributed by atoms with E-state index in [1.807, 2.05) is 24.4 Å². The summed E-state index contributed by atoms with van der Waals surface area (Å²) in [6.45, 7) is 0. The largest absolute Gasteiger partial charge is 0.241 e. The van der Waals surface area contributed by atoms with Crippen molar-refractivity contribution in [2.24, 2.45) is 0 Å². The van der Waals surface area contributed by atoms with Crippen molar-refractivity contribution in [2.45, 2.75) is 18.8 Å². The van der Waals surface area contributed by atoms with Gasteiger partial charge in [0.1, 0.15) is 5.82 Å². The van der Waals surface area contributed by atoms with Gasteiger partial charge in [-0.2, -0.15) is 0 Å². The van der Waals surface area contributed by atoms with Crippen LogP contribution in [0.1, 0.15) is 24.6 Å². The average Bonchev–Trinajstić information content (AvgIpc) is 3.14. The van der Waals surface area contributed by atoms with E-state index in [1.54, 1.807) is 0 Å². The summed E-state index contributed by atoms with van der Waals surface area (Å²) >= 11 is 3.43. The van der Waals surface area contributed by atoms with Gasteiger partial charge in [-0.3, -0.25) is 0 Å². The summed E-state index contributed by atoms with van der Waals surface area (Å²) in [4.78, 5) is 8.93. The van der Waals surface area contributed by atoms with Crippen LogP contribution < -0.4 is 0 Å². The molecule has 0 N–H and O–H groups in total. The number of aromatic nitrogens is 2. The molecule has 16 heavy (non-hydrogen) atoms. The van der Waals surface area contributed by atoms with Crippen LogP contribution in [0.25, 0.3) is 11.3 Å². The molecular formula is C13H11BrN2. The highest BCUT2D eigenvalue weighted by molar-refractivity contribution is 9.10. The fourth-order valence-corrected chi connectivity index (χ4v) is 1.96. The third kappa shape index (κ3) is 2.00. The monoisotopic (exact) mass is 274 g/mol. The summed E-state index contributed by atoms with van der Waals surface area (Å²) in [5.74, 6) is 1.61. The summed E-state index contributed by atoms with van der Waals surface area (Å²) in [6.07, 6.45) is 4.34. The lowest BCUT2D eigenvalue weighted by Crippen LogP contribution is -1.93. The summed E-state index contributed by atoms with van der Waals surface area (Å²) in [5, 5.41) is 0. The Morgan fingerprint density at radius 2 is 1.81 bits per heavy atom. The van der Waals surface area contributed by atoms with Gasteiger partial charge in [-0.15, -0.1) is 0 Å². The number of nitrogens with zero attached hydrogens (tertiary/aromatic N) is 2. The van der Waals surface area contributed by atoms with Crippen molar-refractivity contribution < 1.29 is 0 Å². The van der Waals surface area contributed by atoms with Gasteiger partial charge in [0, 0.05) is 22.2 Å². The number of benzene rings is 1. The predicted octanol–water partition coefficient (Wildman–Crippen LogP) is 3.78. The maximum absolute atomic E-state index is 4.61. The minimum Gasteiger partial charge on any atom is -0.241 e. The first kappa shape index (κ1) is 9.97. The van der Waals surface area contributed by atoms with Crippen LogP contribution >= 0.6 is 15.9 Å². The Bertz CT molecular complexity index is 504. The average molecular weight is 275 g/mol. The summed E-state index contributed by atoms with van der Waals surface area (Å²) in [5.41, 5.74) is 2.16. The molecule has 0 spiro atoms. The van der Waals surface area contributed by atoms with E-state index in [-0.39, 0.29) is 0 Å². The maximum atomic E-state index is 4.61. The molecule has 0 aliphatic heterocycles. The van der Waals surface area contributed by atoms with E-state index in [4.69, 9.17) is 0 Å². The predicted molar refractivity (Wildman–Crippen MR) is 67.1 cm³/mol. The molecule has 0 amide bonds. The van der Waals surface area contributed by atoms with E-state index in [9.17, 15) is 0 Å². The van der Waals surface area contributed by atoms with Crippen molar-refractivity contribution >= 4 is 15.9 Å². The molecule has 1 aromatic heterocycles. The molecule has 0 saturated heterocycles. The SMILES string of the molecule is Brc1ccc(-c2ccnc(C3CC3)n2)cc1. The minimum atomic E-state index is 0.607. The van der Waals surface area contributed by atoms with Gasteiger partial charge in [0.25, 0.3) is 0 Å². The van der Waals surface area contributed by atoms with Crippen LogP contribution in [-0.2, 0) is 0 Å². The highest BCUT2D eigenvalue weighted by atomic mass is 79.9. The first-order valence-corrected chi connectivity index (χ1v) is 6.21. The molecule has 3 rings (SSSR count). The lowest BCUT2D eigenvalue weighted by molar-refractivity contribution is 0.930. The minimum absolute atomic E-state index is 0.607. The highest BCUT2D eigenvalue weighted by Crippen LogP contribution is 2.38. The van der Waals surface area contributed by atoms with Crippen LogP contribution in [0.15, 0.2) is 41.0 Å². The van der Waals surface area contributed by atoms with Crippen molar-refractivity contribution in [3.05, 3.63) is 46.8 Å². The van der Waals surface area contributed by atoms with E-state index < -0.39 is 0 Å². The zero-order chi connectivity index (χ0) is 11.0. The van der Waals surface area contributed by atoms with E-state index >= 15 is 0 Å². The number of rotatable bonds is 2. The Morgan fingerprint density at radius 3 is 2.50 bits per heavy atom. The van der Waals surface area contributed by atoms with Crippen molar-refractivity contribution in [3.8, 4) is 11.3 Å². The Labute approximate surface area is 103 Å². The van der Waals surface area contributed by atoms with Crippen molar-refractivity contribution in [3.63, 3.8) is 0 Å². The maximum Gasteiger partial charge on any atom is 0.132 e. The fourth-order valence-electron chi connectivity index (χ4n) is 1.69. The zero-order valence-corrected chi connectivity index (χ0v) is 10.3. The lowest BCUT2D eigenvalue weighted by Gasteiger charge is -2.02. The molecule has 0 atom stereocenters. The Morgan fingerprint density at radius 1 is 1.06 bits per heavy atom. The van der Waals surface area contributed by atoms with E-state index in [2.05, 4.69) is 38.0 Å². The molecule has 1 aliphatic carbocycles. The van der Waals surface area contributed by atoms with E-state index in [1.165, 1.54) is 12.8 Å². The van der Waals surface area contributed by atoms with Crippen LogP contribution in [0, 0.1) is 0 Å². The van der Waals surface area contributed by atoms with Gasteiger partial charge >= 0.3 is 0 Å². The Kier molecular flexibility index (Phi) is 2.48. The Hall–Kier alpha value is -1.22. The number of halogens is 1. The van der Waals surface area contributed by atoms with Crippen molar-refractivity contribution in [2.75, 3.05) is 0 Å². The standard InChI is InChI=1S/C13H11BrN2/c14-11-5-3-9(4-6-11)12-7-8-15-13(16-12)10-1-2-10/h3-8,10H,1-2H2. The van der Waals surface area contributed by atoms with Crippen molar-refractivity contribution in [1.82, 2.24) is 9.97 Å². The molecule has 3 heteroatoms. The third-order valence-corrected chi connectivity index (χ3v) is 3.29. The Balaban J connectivity index is 1.98. The first-order chi connectivity index (χ1) is 7.83. The molecule has 80 valence electrons. The molecule has 0 radical (unpaired) electrons. The first-order valence-electron chi connectivity index (χ1n) is 5.42. The summed E-state index contributed by atoms with van der Waals surface area (Å²) in [7, 11) is 0. The molecule has 2 nitrogen and oxygen atoms in total. The molecule has 1 fully saturated rings. The van der Waals surface area contributed by atoms with Crippen LogP contribution in [-0.4, -0.2) is 9.97 Å². The van der Waals surface area contributed by atoms with E-state index in [0.717, 1.165) is 21.6 Å². The summed E-state index contributed by atoms with van der Waals surface area (Å²) < 4.78 is 1.09. The fraction of sp³-hybridized carbons (Fsp3) is 0.231. The van der Waals surface area contributed by atoms with Crippen LogP contribution in [0.3, 0.4) is 0 Å². The molecule has 1 saturated carbocycles. The molecule has 1 aliphatic rings. The molecule has 0 unspecified atom stereocenters. The van der Waals surface area contributed by atoms with Gasteiger partial charge in [0.2, 0.25) is 0 Å². The molecule has 1 heterocycles. The normalized spacial score (nSPS) is 15.1. The summed E-state index contributed by atoms with van der Waals surface area (Å²) in [6, 6.07) is 10.2. The lowest BCUT2D eigenvalue weighted by atomic mass is 10.1. The topological polar surface area (TPSA) is 25.8 Å². The molecule has 1 aromatic carbocycles. The number of hydrogen-bond acceptors (Lipinski definition) is 2. The van der Waals surface area contributed by atoms with Gasteiger partial charge in [0.15, 0.2) is 0 Å². The van der Waals surface area contributed by atoms with Crippen LogP contribution in [0.4, 0.5) is 0 Å². The second kappa shape index (κ2) is 3.98. The van der Waals surface area contributed by atoms with E-state index in [0.29, 0.717) is 5.92 Å². The highest BCUT2D eigenvalue weighted by Gasteiger charge is 2.26. The van der Waals surface area contributed by atoms with Gasteiger partial charge < -0.3 is 0 Å². The molecule has 0 bridgehead atoms. The van der Waals surface area contributed by atoms with Gasteiger partial charge in [-0.25, -0.2) is 9.97 Å². The molecular weight excluding hydrogens is 264 g/mol. The third-order valence-electron chi connectivity index (χ3n) is 2.76. The van der Waals surface area contributed by atoms with Crippen molar-refractivity contribution in [1.29, 1.82) is 0 Å². The van der Waals surface area contributed by atoms with Crippen LogP contribution in [0.2, 0.25) is 0 Å². The zero-order valence-electron chi connectivity index (χ0n) is 8.73. The smallest absolute Gasteiger partial charge is 0.132 e. The second-order valence-electron chi connectivity index (χ2n) is 4.08. The van der Waals surface area contributed by atoms with Gasteiger partial charge in [-0.05, 0) is 31.0 Å². The van der Waals surface area contributed by atoms with Crippen LogP contribution in [0.5, 0.6) is 0 Å². The second-order valence-corrected chi connectivity index (χ2v) is 5.00. The number of hydrogen-bond donors (Lipinski definition) is 0.